The number of nitrogens with zero attached hydrogens (tertiary/aromatic N) is 1. The van der Waals surface area contributed by atoms with Crippen LogP contribution < -0.4 is 10.5 Å². The molecule has 0 aliphatic heterocycles. The first-order chi connectivity index (χ1) is 9.19. The zero-order valence-corrected chi connectivity index (χ0v) is 12.6. The molecule has 0 saturated carbocycles. The van der Waals surface area contributed by atoms with Gasteiger partial charge in [0.05, 0.1) is 6.10 Å². The van der Waals surface area contributed by atoms with Gasteiger partial charge in [-0.2, -0.15) is 0 Å². The lowest BCUT2D eigenvalue weighted by molar-refractivity contribution is 0.181. The highest BCUT2D eigenvalue weighted by atomic mass is 16.5. The van der Waals surface area contributed by atoms with E-state index < -0.39 is 0 Å². The Morgan fingerprint density at radius 3 is 2.32 bits per heavy atom. The van der Waals surface area contributed by atoms with Gasteiger partial charge in [0.25, 0.3) is 0 Å². The first kappa shape index (κ1) is 16.0. The number of ether oxygens (including phenoxy) is 1. The van der Waals surface area contributed by atoms with Crippen molar-refractivity contribution in [2.75, 3.05) is 26.2 Å². The average Bonchev–Trinajstić information content (AvgIpc) is 2.42. The lowest BCUT2D eigenvalue weighted by Crippen LogP contribution is -2.27. The fourth-order valence-corrected chi connectivity index (χ4v) is 2.10. The standard InChI is InChI=1S/C16H28N2O/c1-4-18(5-2)13-11-14(3)19-16-8-6-15(7-9-16)10-12-17/h6-9,14H,4-5,10-13,17H2,1-3H3. The van der Waals surface area contributed by atoms with E-state index in [2.05, 4.69) is 37.8 Å². The maximum absolute atomic E-state index is 5.93. The van der Waals surface area contributed by atoms with Gasteiger partial charge >= 0.3 is 0 Å². The van der Waals surface area contributed by atoms with Crippen LogP contribution in [-0.2, 0) is 6.42 Å². The minimum atomic E-state index is 0.251. The molecule has 0 saturated heterocycles. The smallest absolute Gasteiger partial charge is 0.119 e. The SMILES string of the molecule is CCN(CC)CCC(C)Oc1ccc(CCN)cc1. The van der Waals surface area contributed by atoms with Crippen molar-refractivity contribution in [3.05, 3.63) is 29.8 Å². The topological polar surface area (TPSA) is 38.5 Å². The minimum absolute atomic E-state index is 0.251. The van der Waals surface area contributed by atoms with Gasteiger partial charge in [-0.25, -0.2) is 0 Å². The molecule has 1 aromatic carbocycles. The summed E-state index contributed by atoms with van der Waals surface area (Å²) in [5.41, 5.74) is 6.81. The molecule has 3 heteroatoms. The lowest BCUT2D eigenvalue weighted by Gasteiger charge is -2.21. The lowest BCUT2D eigenvalue weighted by atomic mass is 10.1. The van der Waals surface area contributed by atoms with E-state index in [-0.39, 0.29) is 6.10 Å². The second kappa shape index (κ2) is 8.94. The van der Waals surface area contributed by atoms with Crippen molar-refractivity contribution in [3.63, 3.8) is 0 Å². The molecule has 0 bridgehead atoms. The molecule has 0 fully saturated rings. The maximum atomic E-state index is 5.93. The molecule has 0 heterocycles. The Kier molecular flexibility index (Phi) is 7.53. The molecule has 108 valence electrons. The van der Waals surface area contributed by atoms with Crippen molar-refractivity contribution in [3.8, 4) is 5.75 Å². The summed E-state index contributed by atoms with van der Waals surface area (Å²) in [4.78, 5) is 2.42. The zero-order chi connectivity index (χ0) is 14.1. The van der Waals surface area contributed by atoms with E-state index in [0.717, 1.165) is 38.2 Å². The quantitative estimate of drug-likeness (QED) is 0.745. The van der Waals surface area contributed by atoms with Crippen LogP contribution in [0.25, 0.3) is 0 Å². The normalized spacial score (nSPS) is 12.7. The van der Waals surface area contributed by atoms with Gasteiger partial charge < -0.3 is 15.4 Å². The van der Waals surface area contributed by atoms with Crippen molar-refractivity contribution in [1.82, 2.24) is 4.90 Å². The summed E-state index contributed by atoms with van der Waals surface area (Å²) in [6.45, 7) is 10.5. The summed E-state index contributed by atoms with van der Waals surface area (Å²) in [6.07, 6.45) is 2.24. The number of benzene rings is 1. The van der Waals surface area contributed by atoms with Gasteiger partial charge in [0.1, 0.15) is 5.75 Å². The Balaban J connectivity index is 2.37. The fraction of sp³-hybridized carbons (Fsp3) is 0.625. The van der Waals surface area contributed by atoms with Crippen LogP contribution in [0, 0.1) is 0 Å². The second-order valence-corrected chi connectivity index (χ2v) is 4.93. The molecule has 0 aliphatic rings. The highest BCUT2D eigenvalue weighted by molar-refractivity contribution is 5.27. The second-order valence-electron chi connectivity index (χ2n) is 4.93. The highest BCUT2D eigenvalue weighted by Gasteiger charge is 2.06. The number of rotatable bonds is 9. The molecule has 0 amide bonds. The summed E-state index contributed by atoms with van der Waals surface area (Å²) in [7, 11) is 0. The van der Waals surface area contributed by atoms with Crippen LogP contribution in [-0.4, -0.2) is 37.2 Å². The summed E-state index contributed by atoms with van der Waals surface area (Å²) < 4.78 is 5.93. The Hall–Kier alpha value is -1.06. The molecule has 1 rings (SSSR count). The molecular formula is C16H28N2O. The van der Waals surface area contributed by atoms with Crippen molar-refractivity contribution in [2.24, 2.45) is 5.73 Å². The van der Waals surface area contributed by atoms with E-state index in [1.54, 1.807) is 0 Å². The molecule has 2 N–H and O–H groups in total. The predicted molar refractivity (Wildman–Crippen MR) is 81.7 cm³/mol. The minimum Gasteiger partial charge on any atom is -0.491 e. The van der Waals surface area contributed by atoms with Gasteiger partial charge in [0, 0.05) is 6.54 Å². The molecule has 1 aromatic rings. The monoisotopic (exact) mass is 264 g/mol. The van der Waals surface area contributed by atoms with Gasteiger partial charge in [-0.15, -0.1) is 0 Å². The summed E-state index contributed by atoms with van der Waals surface area (Å²) >= 11 is 0. The predicted octanol–water partition coefficient (Wildman–Crippen LogP) is 2.69. The Labute approximate surface area is 117 Å². The van der Waals surface area contributed by atoms with Crippen molar-refractivity contribution >= 4 is 0 Å². The van der Waals surface area contributed by atoms with Gasteiger partial charge in [-0.05, 0) is 57.1 Å². The van der Waals surface area contributed by atoms with Crippen LogP contribution in [0.15, 0.2) is 24.3 Å². The van der Waals surface area contributed by atoms with Crippen LogP contribution in [0.1, 0.15) is 32.8 Å². The van der Waals surface area contributed by atoms with E-state index in [1.807, 2.05) is 12.1 Å². The molecule has 3 nitrogen and oxygen atoms in total. The zero-order valence-electron chi connectivity index (χ0n) is 12.6. The van der Waals surface area contributed by atoms with Crippen LogP contribution in [0.4, 0.5) is 0 Å². The highest BCUT2D eigenvalue weighted by Crippen LogP contribution is 2.15. The molecule has 0 aliphatic carbocycles. The van der Waals surface area contributed by atoms with E-state index in [4.69, 9.17) is 10.5 Å². The van der Waals surface area contributed by atoms with Gasteiger partial charge in [-0.1, -0.05) is 26.0 Å². The van der Waals surface area contributed by atoms with Gasteiger partial charge in [0.15, 0.2) is 0 Å². The molecule has 1 atom stereocenters. The first-order valence-electron chi connectivity index (χ1n) is 7.37. The third-order valence-corrected chi connectivity index (χ3v) is 3.44. The van der Waals surface area contributed by atoms with Crippen LogP contribution in [0.2, 0.25) is 0 Å². The van der Waals surface area contributed by atoms with Crippen molar-refractivity contribution < 1.29 is 4.74 Å². The number of nitrogens with two attached hydrogens (primary N) is 1. The van der Waals surface area contributed by atoms with E-state index >= 15 is 0 Å². The largest absolute Gasteiger partial charge is 0.491 e. The molecule has 0 aromatic heterocycles. The Bertz CT molecular complexity index is 333. The average molecular weight is 264 g/mol. The van der Waals surface area contributed by atoms with Gasteiger partial charge in [-0.3, -0.25) is 0 Å². The van der Waals surface area contributed by atoms with E-state index in [9.17, 15) is 0 Å². The molecule has 1 unspecified atom stereocenters. The molecular weight excluding hydrogens is 236 g/mol. The van der Waals surface area contributed by atoms with Crippen molar-refractivity contribution in [1.29, 1.82) is 0 Å². The summed E-state index contributed by atoms with van der Waals surface area (Å²) in [5, 5.41) is 0. The molecule has 0 spiro atoms. The summed E-state index contributed by atoms with van der Waals surface area (Å²) in [5.74, 6) is 0.952. The number of hydrogen-bond donors (Lipinski definition) is 1. The summed E-state index contributed by atoms with van der Waals surface area (Å²) in [6, 6.07) is 8.27. The van der Waals surface area contributed by atoms with Gasteiger partial charge in [0.2, 0.25) is 0 Å². The molecule has 19 heavy (non-hydrogen) atoms. The van der Waals surface area contributed by atoms with Crippen LogP contribution >= 0.6 is 0 Å². The Morgan fingerprint density at radius 2 is 1.79 bits per heavy atom. The third-order valence-electron chi connectivity index (χ3n) is 3.44. The maximum Gasteiger partial charge on any atom is 0.119 e. The van der Waals surface area contributed by atoms with Crippen molar-refractivity contribution in [2.45, 2.75) is 39.7 Å². The third kappa shape index (κ3) is 6.08. The molecule has 0 radical (unpaired) electrons. The van der Waals surface area contributed by atoms with E-state index in [1.165, 1.54) is 5.56 Å². The fourth-order valence-electron chi connectivity index (χ4n) is 2.10. The van der Waals surface area contributed by atoms with E-state index in [0.29, 0.717) is 6.54 Å². The first-order valence-corrected chi connectivity index (χ1v) is 7.37. The van der Waals surface area contributed by atoms with Crippen LogP contribution in [0.5, 0.6) is 5.75 Å². The Morgan fingerprint density at radius 1 is 1.16 bits per heavy atom. The number of hydrogen-bond acceptors (Lipinski definition) is 3. The van der Waals surface area contributed by atoms with Crippen LogP contribution in [0.3, 0.4) is 0 Å².